The first-order valence-electron chi connectivity index (χ1n) is 8.03. The Morgan fingerprint density at radius 2 is 1.88 bits per heavy atom. The maximum Gasteiger partial charge on any atom is 0.287 e. The molecule has 0 saturated carbocycles. The van der Waals surface area contributed by atoms with Gasteiger partial charge in [0.2, 0.25) is 0 Å². The van der Waals surface area contributed by atoms with Crippen LogP contribution in [0.1, 0.15) is 27.7 Å². The Bertz CT molecular complexity index is 895. The fraction of sp³-hybridized carbons (Fsp3) is 0.150. The first-order valence-corrected chi connectivity index (χ1v) is 8.83. The summed E-state index contributed by atoms with van der Waals surface area (Å²) in [5.74, 6) is -0.445. The molecule has 0 fully saturated rings. The summed E-state index contributed by atoms with van der Waals surface area (Å²) in [5.41, 5.74) is 1.57. The van der Waals surface area contributed by atoms with Gasteiger partial charge < -0.3 is 14.5 Å². The summed E-state index contributed by atoms with van der Waals surface area (Å²) in [7, 11) is 0. The summed E-state index contributed by atoms with van der Waals surface area (Å²) in [6.07, 6.45) is 0. The molecule has 6 heteroatoms. The molecular weight excluding hydrogens is 401 g/mol. The Morgan fingerprint density at radius 3 is 2.54 bits per heavy atom. The molecule has 0 aliphatic carbocycles. The molecule has 2 aromatic carbocycles. The minimum absolute atomic E-state index is 0.0810. The lowest BCUT2D eigenvalue weighted by atomic mass is 10.1. The van der Waals surface area contributed by atoms with Crippen LogP contribution in [-0.4, -0.2) is 12.5 Å². The van der Waals surface area contributed by atoms with Crippen LogP contribution in [0.25, 0.3) is 0 Å². The van der Waals surface area contributed by atoms with Gasteiger partial charge in [-0.3, -0.25) is 4.79 Å². The molecule has 0 aliphatic heterocycles. The number of para-hydroxylation sites is 1. The standard InChI is InChI=1S/C20H17BrFNO3/c1-13-11-18(21)26-19(13)20(24)23-16(14-7-3-2-4-8-14)12-25-17-10-6-5-9-15(17)22/h2-11,16H,12H2,1H3,(H,23,24). The third kappa shape index (κ3) is 4.32. The molecule has 1 unspecified atom stereocenters. The van der Waals surface area contributed by atoms with E-state index >= 15 is 0 Å². The summed E-state index contributed by atoms with van der Waals surface area (Å²) in [4.78, 5) is 12.6. The van der Waals surface area contributed by atoms with Gasteiger partial charge in [-0.15, -0.1) is 0 Å². The monoisotopic (exact) mass is 417 g/mol. The molecule has 0 saturated heterocycles. The maximum atomic E-state index is 13.8. The molecule has 1 atom stereocenters. The van der Waals surface area contributed by atoms with E-state index < -0.39 is 11.9 Å². The van der Waals surface area contributed by atoms with E-state index in [9.17, 15) is 9.18 Å². The van der Waals surface area contributed by atoms with Crippen LogP contribution < -0.4 is 10.1 Å². The number of carbonyl (C=O) groups excluding carboxylic acids is 1. The van der Waals surface area contributed by atoms with Gasteiger partial charge in [0, 0.05) is 5.56 Å². The smallest absolute Gasteiger partial charge is 0.287 e. The largest absolute Gasteiger partial charge is 0.488 e. The Hall–Kier alpha value is -2.60. The van der Waals surface area contributed by atoms with Gasteiger partial charge in [0.25, 0.3) is 5.91 Å². The molecule has 1 amide bonds. The average Bonchev–Trinajstić information content (AvgIpc) is 2.99. The molecule has 1 heterocycles. The van der Waals surface area contributed by atoms with Gasteiger partial charge in [-0.05, 0) is 46.6 Å². The number of rotatable bonds is 6. The highest BCUT2D eigenvalue weighted by atomic mass is 79.9. The lowest BCUT2D eigenvalue weighted by Gasteiger charge is -2.19. The zero-order valence-electron chi connectivity index (χ0n) is 14.0. The Morgan fingerprint density at radius 1 is 1.19 bits per heavy atom. The number of carbonyl (C=O) groups is 1. The highest BCUT2D eigenvalue weighted by Gasteiger charge is 2.21. The van der Waals surface area contributed by atoms with Crippen LogP contribution >= 0.6 is 15.9 Å². The Labute approximate surface area is 159 Å². The zero-order chi connectivity index (χ0) is 18.5. The predicted octanol–water partition coefficient (Wildman–Crippen LogP) is 5.04. The molecule has 4 nitrogen and oxygen atoms in total. The second kappa shape index (κ2) is 8.19. The Kier molecular flexibility index (Phi) is 5.73. The van der Waals surface area contributed by atoms with Gasteiger partial charge in [0.15, 0.2) is 22.0 Å². The van der Waals surface area contributed by atoms with Gasteiger partial charge >= 0.3 is 0 Å². The van der Waals surface area contributed by atoms with Crippen molar-refractivity contribution in [2.75, 3.05) is 6.61 Å². The summed E-state index contributed by atoms with van der Waals surface area (Å²) in [6, 6.07) is 16.8. The van der Waals surface area contributed by atoms with E-state index in [1.807, 2.05) is 30.3 Å². The van der Waals surface area contributed by atoms with Gasteiger partial charge in [-0.2, -0.15) is 0 Å². The molecular formula is C20H17BrFNO3. The number of furan rings is 1. The van der Waals surface area contributed by atoms with Crippen LogP contribution in [0.3, 0.4) is 0 Å². The normalized spacial score (nSPS) is 11.8. The summed E-state index contributed by atoms with van der Waals surface area (Å²) >= 11 is 3.22. The van der Waals surface area contributed by atoms with Crippen molar-refractivity contribution in [2.45, 2.75) is 13.0 Å². The second-order valence-electron chi connectivity index (χ2n) is 5.74. The van der Waals surface area contributed by atoms with Crippen molar-refractivity contribution in [3.8, 4) is 5.75 Å². The molecule has 0 radical (unpaired) electrons. The van der Waals surface area contributed by atoms with Gasteiger partial charge in [-0.25, -0.2) is 4.39 Å². The molecule has 3 aromatic rings. The fourth-order valence-corrected chi connectivity index (χ4v) is 3.04. The van der Waals surface area contributed by atoms with Gasteiger partial charge in [-0.1, -0.05) is 42.5 Å². The number of nitrogens with one attached hydrogen (secondary N) is 1. The predicted molar refractivity (Wildman–Crippen MR) is 99.7 cm³/mol. The quantitative estimate of drug-likeness (QED) is 0.610. The third-order valence-electron chi connectivity index (χ3n) is 3.84. The molecule has 26 heavy (non-hydrogen) atoms. The third-order valence-corrected chi connectivity index (χ3v) is 4.23. The first-order chi connectivity index (χ1) is 12.5. The van der Waals surface area contributed by atoms with Crippen LogP contribution in [0.15, 0.2) is 69.8 Å². The van der Waals surface area contributed by atoms with Crippen molar-refractivity contribution < 1.29 is 18.3 Å². The van der Waals surface area contributed by atoms with Crippen molar-refractivity contribution in [3.63, 3.8) is 0 Å². The first kappa shape index (κ1) is 18.2. The van der Waals surface area contributed by atoms with Crippen molar-refractivity contribution in [2.24, 2.45) is 0 Å². The van der Waals surface area contributed by atoms with Crippen LogP contribution in [-0.2, 0) is 0 Å². The topological polar surface area (TPSA) is 51.5 Å². The van der Waals surface area contributed by atoms with Gasteiger partial charge in [0.05, 0.1) is 6.04 Å². The summed E-state index contributed by atoms with van der Waals surface area (Å²) in [6.45, 7) is 1.87. The van der Waals surface area contributed by atoms with Crippen molar-refractivity contribution in [3.05, 3.63) is 88.0 Å². The summed E-state index contributed by atoms with van der Waals surface area (Å²) in [5, 5.41) is 2.89. The van der Waals surface area contributed by atoms with E-state index in [-0.39, 0.29) is 24.0 Å². The van der Waals surface area contributed by atoms with Crippen LogP contribution in [0.4, 0.5) is 4.39 Å². The highest BCUT2D eigenvalue weighted by Crippen LogP contribution is 2.22. The highest BCUT2D eigenvalue weighted by molar-refractivity contribution is 9.10. The van der Waals surface area contributed by atoms with Crippen LogP contribution in [0, 0.1) is 12.7 Å². The molecule has 134 valence electrons. The molecule has 1 N–H and O–H groups in total. The second-order valence-corrected chi connectivity index (χ2v) is 6.52. The van der Waals surface area contributed by atoms with Crippen LogP contribution in [0.5, 0.6) is 5.75 Å². The fourth-order valence-electron chi connectivity index (χ4n) is 2.53. The van der Waals surface area contributed by atoms with E-state index in [0.717, 1.165) is 11.1 Å². The zero-order valence-corrected chi connectivity index (χ0v) is 15.6. The number of aryl methyl sites for hydroxylation is 1. The number of amides is 1. The van der Waals surface area contributed by atoms with E-state index in [1.165, 1.54) is 6.07 Å². The maximum absolute atomic E-state index is 13.8. The van der Waals surface area contributed by atoms with E-state index in [4.69, 9.17) is 9.15 Å². The Balaban J connectivity index is 1.79. The van der Waals surface area contributed by atoms with E-state index in [2.05, 4.69) is 21.2 Å². The molecule has 0 spiro atoms. The number of ether oxygens (including phenoxy) is 1. The van der Waals surface area contributed by atoms with Crippen molar-refractivity contribution in [1.29, 1.82) is 0 Å². The van der Waals surface area contributed by atoms with Gasteiger partial charge in [0.1, 0.15) is 6.61 Å². The lowest BCUT2D eigenvalue weighted by Crippen LogP contribution is -2.32. The lowest BCUT2D eigenvalue weighted by molar-refractivity contribution is 0.0890. The SMILES string of the molecule is Cc1cc(Br)oc1C(=O)NC(COc1ccccc1F)c1ccccc1. The average molecular weight is 418 g/mol. The number of benzene rings is 2. The van der Waals surface area contributed by atoms with Crippen molar-refractivity contribution >= 4 is 21.8 Å². The van der Waals surface area contributed by atoms with Crippen LogP contribution in [0.2, 0.25) is 0 Å². The number of halogens is 2. The van der Waals surface area contributed by atoms with Crippen molar-refractivity contribution in [1.82, 2.24) is 5.32 Å². The minimum Gasteiger partial charge on any atom is -0.488 e. The number of hydrogen-bond donors (Lipinski definition) is 1. The number of hydrogen-bond acceptors (Lipinski definition) is 3. The molecule has 1 aromatic heterocycles. The minimum atomic E-state index is -0.466. The molecule has 0 aliphatic rings. The molecule has 0 bridgehead atoms. The molecule has 3 rings (SSSR count). The van der Waals surface area contributed by atoms with E-state index in [1.54, 1.807) is 31.2 Å². The van der Waals surface area contributed by atoms with E-state index in [0.29, 0.717) is 4.67 Å². The summed E-state index contributed by atoms with van der Waals surface area (Å²) < 4.78 is 25.3.